The first-order valence-electron chi connectivity index (χ1n) is 11.3. The van der Waals surface area contributed by atoms with Crippen LogP contribution in [0.25, 0.3) is 11.1 Å². The molecule has 2 unspecified atom stereocenters. The standard InChI is InChI=1S/C27H24F6INO2/c1-3-35(22-6-4-5-21(15-22)27(31,32)33)23-13-18(17-7-9-20(10-8-17)26(28,29)30)12-19(14-23)24(25(36)37)11-16(2)34/h4-10,12-16,24H,3,11H2,1-2H3,(H,36,37). The molecule has 198 valence electrons. The van der Waals surface area contributed by atoms with Gasteiger partial charge in [-0.15, -0.1) is 0 Å². The van der Waals surface area contributed by atoms with Crippen LogP contribution in [0.3, 0.4) is 0 Å². The number of nitrogens with zero attached hydrogens (tertiary/aromatic N) is 1. The van der Waals surface area contributed by atoms with Gasteiger partial charge in [0, 0.05) is 21.8 Å². The fourth-order valence-corrected chi connectivity index (χ4v) is 4.59. The van der Waals surface area contributed by atoms with E-state index in [-0.39, 0.29) is 16.2 Å². The first-order chi connectivity index (χ1) is 17.2. The van der Waals surface area contributed by atoms with Crippen molar-refractivity contribution in [2.75, 3.05) is 11.4 Å². The second-order valence-corrected chi connectivity index (χ2v) is 10.7. The molecule has 0 bridgehead atoms. The van der Waals surface area contributed by atoms with Crippen molar-refractivity contribution in [3.8, 4) is 11.1 Å². The average Bonchev–Trinajstić information content (AvgIpc) is 2.82. The molecule has 0 radical (unpaired) electrons. The maximum atomic E-state index is 13.4. The molecule has 10 heteroatoms. The highest BCUT2D eigenvalue weighted by Gasteiger charge is 2.32. The number of aliphatic carboxylic acids is 1. The summed E-state index contributed by atoms with van der Waals surface area (Å²) in [5.74, 6) is -1.98. The number of hydrogen-bond acceptors (Lipinski definition) is 2. The first kappa shape index (κ1) is 28.8. The molecule has 0 spiro atoms. The van der Waals surface area contributed by atoms with Gasteiger partial charge >= 0.3 is 18.3 Å². The van der Waals surface area contributed by atoms with E-state index in [1.54, 1.807) is 30.0 Å². The minimum atomic E-state index is -4.55. The number of hydrogen-bond donors (Lipinski definition) is 1. The Morgan fingerprint density at radius 1 is 0.865 bits per heavy atom. The summed E-state index contributed by atoms with van der Waals surface area (Å²) >= 11 is 2.11. The van der Waals surface area contributed by atoms with E-state index in [1.165, 1.54) is 24.3 Å². The van der Waals surface area contributed by atoms with E-state index < -0.39 is 35.4 Å². The van der Waals surface area contributed by atoms with Crippen LogP contribution in [0, 0.1) is 0 Å². The van der Waals surface area contributed by atoms with Gasteiger partial charge in [0.05, 0.1) is 17.0 Å². The molecule has 2 atom stereocenters. The highest BCUT2D eigenvalue weighted by Crippen LogP contribution is 2.38. The second kappa shape index (κ2) is 11.3. The smallest absolute Gasteiger partial charge is 0.416 e. The van der Waals surface area contributed by atoms with Gasteiger partial charge in [0.15, 0.2) is 0 Å². The lowest BCUT2D eigenvalue weighted by atomic mass is 9.90. The molecule has 3 nitrogen and oxygen atoms in total. The Bertz CT molecular complexity index is 1240. The zero-order valence-electron chi connectivity index (χ0n) is 19.9. The van der Waals surface area contributed by atoms with Crippen LogP contribution < -0.4 is 4.90 Å². The predicted octanol–water partition coefficient (Wildman–Crippen LogP) is 8.93. The maximum Gasteiger partial charge on any atom is 0.416 e. The molecular formula is C27H24F6INO2. The van der Waals surface area contributed by atoms with Crippen LogP contribution in [-0.4, -0.2) is 21.5 Å². The fourth-order valence-electron chi connectivity index (χ4n) is 4.08. The molecule has 37 heavy (non-hydrogen) atoms. The molecule has 3 aromatic carbocycles. The van der Waals surface area contributed by atoms with Gasteiger partial charge in [-0.3, -0.25) is 4.79 Å². The Kier molecular flexibility index (Phi) is 8.81. The minimum absolute atomic E-state index is 0.00243. The molecular weight excluding hydrogens is 611 g/mol. The number of benzene rings is 3. The average molecular weight is 635 g/mol. The van der Waals surface area contributed by atoms with Gasteiger partial charge in [0.2, 0.25) is 0 Å². The highest BCUT2D eigenvalue weighted by molar-refractivity contribution is 14.1. The number of carbonyl (C=O) groups is 1. The minimum Gasteiger partial charge on any atom is -0.481 e. The summed E-state index contributed by atoms with van der Waals surface area (Å²) in [4.78, 5) is 13.8. The van der Waals surface area contributed by atoms with Gasteiger partial charge in [-0.05, 0) is 72.5 Å². The lowest BCUT2D eigenvalue weighted by Gasteiger charge is -2.27. The van der Waals surface area contributed by atoms with Gasteiger partial charge in [-0.1, -0.05) is 53.8 Å². The number of alkyl halides is 7. The van der Waals surface area contributed by atoms with Crippen LogP contribution in [0.15, 0.2) is 66.7 Å². The Balaban J connectivity index is 2.19. The Labute approximate surface area is 224 Å². The third-order valence-corrected chi connectivity index (χ3v) is 6.37. The predicted molar refractivity (Wildman–Crippen MR) is 139 cm³/mol. The first-order valence-corrected chi connectivity index (χ1v) is 12.6. The molecule has 0 aliphatic carbocycles. The van der Waals surface area contributed by atoms with Crippen LogP contribution in [-0.2, 0) is 17.1 Å². The molecule has 0 aliphatic rings. The van der Waals surface area contributed by atoms with E-state index >= 15 is 0 Å². The zero-order chi connectivity index (χ0) is 27.5. The fraction of sp³-hybridized carbons (Fsp3) is 0.296. The van der Waals surface area contributed by atoms with Crippen molar-refractivity contribution >= 4 is 39.9 Å². The molecule has 0 saturated carbocycles. The number of rotatable bonds is 8. The summed E-state index contributed by atoms with van der Waals surface area (Å²) in [6.07, 6.45) is -8.77. The third-order valence-electron chi connectivity index (χ3n) is 5.86. The van der Waals surface area contributed by atoms with Crippen molar-refractivity contribution in [1.29, 1.82) is 0 Å². The summed E-state index contributed by atoms with van der Waals surface area (Å²) in [6.45, 7) is 3.86. The molecule has 3 rings (SSSR count). The molecule has 3 aromatic rings. The molecule has 0 fully saturated rings. The summed E-state index contributed by atoms with van der Waals surface area (Å²) in [7, 11) is 0. The van der Waals surface area contributed by atoms with Crippen LogP contribution in [0.2, 0.25) is 0 Å². The van der Waals surface area contributed by atoms with Gasteiger partial charge in [-0.2, -0.15) is 26.3 Å². The summed E-state index contributed by atoms with van der Waals surface area (Å²) < 4.78 is 79.3. The van der Waals surface area contributed by atoms with E-state index in [0.717, 1.165) is 24.3 Å². The van der Waals surface area contributed by atoms with Crippen molar-refractivity contribution in [2.45, 2.75) is 42.5 Å². The van der Waals surface area contributed by atoms with E-state index in [2.05, 4.69) is 22.6 Å². The summed E-state index contributed by atoms with van der Waals surface area (Å²) in [5.41, 5.74) is 0.318. The van der Waals surface area contributed by atoms with Crippen LogP contribution in [0.5, 0.6) is 0 Å². The Hall–Kier alpha value is -2.76. The third kappa shape index (κ3) is 7.18. The van der Waals surface area contributed by atoms with Gasteiger partial charge in [0.1, 0.15) is 0 Å². The van der Waals surface area contributed by atoms with Crippen molar-refractivity contribution in [1.82, 2.24) is 0 Å². The molecule has 0 aromatic heterocycles. The molecule has 0 aliphatic heterocycles. The SMILES string of the molecule is CCN(c1cc(-c2ccc(C(F)(F)F)cc2)cc(C(CC(C)I)C(=O)O)c1)c1cccc(C(F)(F)F)c1. The zero-order valence-corrected chi connectivity index (χ0v) is 22.0. The quantitative estimate of drug-likeness (QED) is 0.153. The van der Waals surface area contributed by atoms with Gasteiger partial charge < -0.3 is 10.0 Å². The molecule has 0 amide bonds. The maximum absolute atomic E-state index is 13.4. The van der Waals surface area contributed by atoms with Crippen LogP contribution in [0.1, 0.15) is 42.9 Å². The van der Waals surface area contributed by atoms with Crippen LogP contribution in [0.4, 0.5) is 37.7 Å². The lowest BCUT2D eigenvalue weighted by molar-refractivity contribution is -0.139. The van der Waals surface area contributed by atoms with Crippen molar-refractivity contribution in [3.63, 3.8) is 0 Å². The number of carboxylic acids is 1. The monoisotopic (exact) mass is 635 g/mol. The highest BCUT2D eigenvalue weighted by atomic mass is 127. The second-order valence-electron chi connectivity index (χ2n) is 8.59. The Morgan fingerprint density at radius 2 is 1.49 bits per heavy atom. The largest absolute Gasteiger partial charge is 0.481 e. The number of anilines is 2. The van der Waals surface area contributed by atoms with Crippen LogP contribution >= 0.6 is 22.6 Å². The number of carboxylic acid groups (broad SMARTS) is 1. The summed E-state index contributed by atoms with van der Waals surface area (Å²) in [6, 6.07) is 14.1. The van der Waals surface area contributed by atoms with Gasteiger partial charge in [0.25, 0.3) is 0 Å². The van der Waals surface area contributed by atoms with E-state index in [4.69, 9.17) is 0 Å². The Morgan fingerprint density at radius 3 is 2.00 bits per heavy atom. The summed E-state index contributed by atoms with van der Waals surface area (Å²) in [5, 5.41) is 9.93. The van der Waals surface area contributed by atoms with E-state index in [9.17, 15) is 36.2 Å². The van der Waals surface area contributed by atoms with Gasteiger partial charge in [-0.25, -0.2) is 0 Å². The van der Waals surface area contributed by atoms with E-state index in [1.807, 2.05) is 6.92 Å². The topological polar surface area (TPSA) is 40.5 Å². The van der Waals surface area contributed by atoms with Crippen molar-refractivity contribution < 1.29 is 36.2 Å². The molecule has 0 saturated heterocycles. The van der Waals surface area contributed by atoms with Crippen molar-refractivity contribution in [3.05, 3.63) is 83.4 Å². The molecule has 1 N–H and O–H groups in total. The molecule has 0 heterocycles. The van der Waals surface area contributed by atoms with E-state index in [0.29, 0.717) is 28.8 Å². The van der Waals surface area contributed by atoms with Crippen molar-refractivity contribution in [2.24, 2.45) is 0 Å². The normalized spacial score (nSPS) is 13.8. The lowest BCUT2D eigenvalue weighted by Crippen LogP contribution is -2.19. The number of halogens is 7.